The highest BCUT2D eigenvalue weighted by atomic mass is 19.1. The van der Waals surface area contributed by atoms with Crippen LogP contribution >= 0.6 is 0 Å². The zero-order valence-corrected chi connectivity index (χ0v) is 17.3. The van der Waals surface area contributed by atoms with Crippen molar-refractivity contribution in [1.82, 2.24) is 20.0 Å². The number of anilines is 1. The third-order valence-corrected chi connectivity index (χ3v) is 6.41. The molecule has 0 radical (unpaired) electrons. The van der Waals surface area contributed by atoms with Crippen molar-refractivity contribution in [1.29, 1.82) is 0 Å². The van der Waals surface area contributed by atoms with Crippen molar-refractivity contribution in [2.75, 3.05) is 44.2 Å². The average Bonchev–Trinajstić information content (AvgIpc) is 3.49. The molecule has 2 amide bonds. The zero-order chi connectivity index (χ0) is 21.4. The van der Waals surface area contributed by atoms with Crippen LogP contribution in [0.1, 0.15) is 34.6 Å². The molecule has 3 aliphatic rings. The number of H-pyrrole nitrogens is 1. The van der Waals surface area contributed by atoms with E-state index in [1.165, 1.54) is 12.1 Å². The smallest absolute Gasteiger partial charge is 0.274 e. The first-order valence-corrected chi connectivity index (χ1v) is 10.9. The lowest BCUT2D eigenvalue weighted by atomic mass is 10.0. The third kappa shape index (κ3) is 3.89. The molecule has 3 aliphatic heterocycles. The van der Waals surface area contributed by atoms with Crippen molar-refractivity contribution in [3.63, 3.8) is 0 Å². The molecule has 0 aliphatic carbocycles. The van der Waals surface area contributed by atoms with Crippen LogP contribution in [0.4, 0.5) is 10.1 Å². The van der Waals surface area contributed by atoms with E-state index in [2.05, 4.69) is 15.1 Å². The SMILES string of the molecule is O=C(c1n[nH]c2c1CN(C(=O)C1CCCO1)CC2)N1CCN(c2ccc(F)cc2)CC1. The van der Waals surface area contributed by atoms with Gasteiger partial charge in [-0.05, 0) is 37.1 Å². The highest BCUT2D eigenvalue weighted by Crippen LogP contribution is 2.25. The summed E-state index contributed by atoms with van der Waals surface area (Å²) < 4.78 is 18.7. The quantitative estimate of drug-likeness (QED) is 0.804. The fourth-order valence-electron chi connectivity index (χ4n) is 4.61. The second-order valence-electron chi connectivity index (χ2n) is 8.30. The van der Waals surface area contributed by atoms with E-state index in [-0.39, 0.29) is 23.7 Å². The van der Waals surface area contributed by atoms with Gasteiger partial charge in [-0.15, -0.1) is 0 Å². The normalized spacial score (nSPS) is 21.3. The van der Waals surface area contributed by atoms with E-state index >= 15 is 0 Å². The average molecular weight is 427 g/mol. The molecule has 1 aromatic heterocycles. The lowest BCUT2D eigenvalue weighted by Crippen LogP contribution is -2.49. The summed E-state index contributed by atoms with van der Waals surface area (Å²) in [5, 5.41) is 7.31. The number of aromatic amines is 1. The van der Waals surface area contributed by atoms with Gasteiger partial charge < -0.3 is 19.4 Å². The zero-order valence-electron chi connectivity index (χ0n) is 17.3. The van der Waals surface area contributed by atoms with Crippen LogP contribution in [-0.4, -0.2) is 77.2 Å². The summed E-state index contributed by atoms with van der Waals surface area (Å²) in [6.07, 6.45) is 1.98. The van der Waals surface area contributed by atoms with Crippen LogP contribution in [0.2, 0.25) is 0 Å². The minimum atomic E-state index is -0.354. The number of benzene rings is 1. The van der Waals surface area contributed by atoms with Crippen molar-refractivity contribution >= 4 is 17.5 Å². The van der Waals surface area contributed by atoms with E-state index in [0.29, 0.717) is 58.0 Å². The fourth-order valence-corrected chi connectivity index (χ4v) is 4.61. The molecular formula is C22H26FN5O3. The molecule has 0 spiro atoms. The largest absolute Gasteiger partial charge is 0.368 e. The van der Waals surface area contributed by atoms with Gasteiger partial charge >= 0.3 is 0 Å². The number of halogens is 1. The van der Waals surface area contributed by atoms with Crippen LogP contribution in [-0.2, 0) is 22.5 Å². The van der Waals surface area contributed by atoms with E-state index in [1.54, 1.807) is 21.9 Å². The maximum absolute atomic E-state index is 13.2. The van der Waals surface area contributed by atoms with Crippen LogP contribution in [0.5, 0.6) is 0 Å². The Kier molecular flexibility index (Phi) is 5.35. The summed E-state index contributed by atoms with van der Waals surface area (Å²) in [7, 11) is 0. The molecule has 1 aromatic carbocycles. The predicted molar refractivity (Wildman–Crippen MR) is 111 cm³/mol. The van der Waals surface area contributed by atoms with Gasteiger partial charge in [-0.2, -0.15) is 5.10 Å². The summed E-state index contributed by atoms with van der Waals surface area (Å²) in [5.74, 6) is -0.355. The molecule has 1 unspecified atom stereocenters. The van der Waals surface area contributed by atoms with E-state index in [0.717, 1.165) is 29.8 Å². The first-order chi connectivity index (χ1) is 15.1. The first kappa shape index (κ1) is 20.0. The molecule has 2 fully saturated rings. The molecule has 8 nitrogen and oxygen atoms in total. The Morgan fingerprint density at radius 2 is 1.84 bits per heavy atom. The molecule has 1 atom stereocenters. The molecule has 1 N–H and O–H groups in total. The molecule has 0 saturated carbocycles. The predicted octanol–water partition coefficient (Wildman–Crippen LogP) is 1.57. The van der Waals surface area contributed by atoms with Crippen LogP contribution in [0.3, 0.4) is 0 Å². The topological polar surface area (TPSA) is 81.8 Å². The van der Waals surface area contributed by atoms with E-state index in [9.17, 15) is 14.0 Å². The molecule has 2 saturated heterocycles. The summed E-state index contributed by atoms with van der Waals surface area (Å²) in [6.45, 7) is 4.11. The van der Waals surface area contributed by atoms with Gasteiger partial charge in [-0.25, -0.2) is 4.39 Å². The van der Waals surface area contributed by atoms with Gasteiger partial charge in [-0.3, -0.25) is 14.7 Å². The van der Waals surface area contributed by atoms with E-state index in [4.69, 9.17) is 4.74 Å². The summed E-state index contributed by atoms with van der Waals surface area (Å²) >= 11 is 0. The molecule has 2 aromatic rings. The minimum Gasteiger partial charge on any atom is -0.368 e. The number of amides is 2. The number of ether oxygens (including phenoxy) is 1. The standard InChI is InChI=1S/C22H26FN5O3/c23-15-3-5-16(6-4-15)26-9-11-27(12-10-26)22(30)20-17-14-28(8-7-18(17)24-25-20)21(29)19-2-1-13-31-19/h3-6,19H,1-2,7-14H2,(H,24,25). The summed E-state index contributed by atoms with van der Waals surface area (Å²) in [6, 6.07) is 6.42. The number of piperazine rings is 1. The Hall–Kier alpha value is -2.94. The van der Waals surface area contributed by atoms with Gasteiger partial charge in [0.15, 0.2) is 5.69 Å². The molecular weight excluding hydrogens is 401 g/mol. The van der Waals surface area contributed by atoms with Crippen molar-refractivity contribution in [2.24, 2.45) is 0 Å². The van der Waals surface area contributed by atoms with Crippen molar-refractivity contribution < 1.29 is 18.7 Å². The molecule has 4 heterocycles. The van der Waals surface area contributed by atoms with Gasteiger partial charge in [-0.1, -0.05) is 0 Å². The van der Waals surface area contributed by atoms with Crippen LogP contribution in [0.25, 0.3) is 0 Å². The maximum atomic E-state index is 13.2. The number of carbonyl (C=O) groups excluding carboxylic acids is 2. The summed E-state index contributed by atoms with van der Waals surface area (Å²) in [5.41, 5.74) is 3.12. The lowest BCUT2D eigenvalue weighted by molar-refractivity contribution is -0.141. The molecule has 31 heavy (non-hydrogen) atoms. The summed E-state index contributed by atoms with van der Waals surface area (Å²) in [4.78, 5) is 31.7. The van der Waals surface area contributed by atoms with E-state index in [1.807, 2.05) is 0 Å². The highest BCUT2D eigenvalue weighted by Gasteiger charge is 2.34. The number of fused-ring (bicyclic) bond motifs is 1. The number of nitrogens with one attached hydrogen (secondary N) is 1. The van der Waals surface area contributed by atoms with Crippen LogP contribution in [0.15, 0.2) is 24.3 Å². The maximum Gasteiger partial charge on any atom is 0.274 e. The van der Waals surface area contributed by atoms with Gasteiger partial charge in [0.05, 0.1) is 0 Å². The second-order valence-corrected chi connectivity index (χ2v) is 8.30. The minimum absolute atomic E-state index is 0.00987. The Labute approximate surface area is 179 Å². The first-order valence-electron chi connectivity index (χ1n) is 10.9. The van der Waals surface area contributed by atoms with Gasteiger partial charge in [0.25, 0.3) is 11.8 Å². The Bertz CT molecular complexity index is 962. The van der Waals surface area contributed by atoms with Crippen molar-refractivity contribution in [2.45, 2.75) is 31.9 Å². The number of rotatable bonds is 3. The van der Waals surface area contributed by atoms with E-state index < -0.39 is 0 Å². The second kappa shape index (κ2) is 8.30. The Morgan fingerprint density at radius 3 is 2.55 bits per heavy atom. The molecule has 5 rings (SSSR count). The third-order valence-electron chi connectivity index (χ3n) is 6.41. The van der Waals surface area contributed by atoms with Crippen LogP contribution < -0.4 is 4.90 Å². The van der Waals surface area contributed by atoms with Gasteiger partial charge in [0, 0.05) is 69.2 Å². The lowest BCUT2D eigenvalue weighted by Gasteiger charge is -2.36. The Balaban J connectivity index is 1.25. The van der Waals surface area contributed by atoms with Crippen molar-refractivity contribution in [3.05, 3.63) is 47.0 Å². The number of aromatic nitrogens is 2. The highest BCUT2D eigenvalue weighted by molar-refractivity contribution is 5.94. The van der Waals surface area contributed by atoms with Crippen molar-refractivity contribution in [3.8, 4) is 0 Å². The van der Waals surface area contributed by atoms with Gasteiger partial charge in [0.1, 0.15) is 11.9 Å². The molecule has 164 valence electrons. The number of hydrogen-bond acceptors (Lipinski definition) is 5. The number of carbonyl (C=O) groups is 2. The fraction of sp³-hybridized carbons (Fsp3) is 0.500. The van der Waals surface area contributed by atoms with Crippen LogP contribution in [0, 0.1) is 5.82 Å². The number of hydrogen-bond donors (Lipinski definition) is 1. The molecule has 0 bridgehead atoms. The van der Waals surface area contributed by atoms with Gasteiger partial charge in [0.2, 0.25) is 0 Å². The molecule has 9 heteroatoms. The number of nitrogens with zero attached hydrogens (tertiary/aromatic N) is 4. The Morgan fingerprint density at radius 1 is 1.06 bits per heavy atom. The monoisotopic (exact) mass is 427 g/mol.